The smallest absolute Gasteiger partial charge is 0.275 e. The van der Waals surface area contributed by atoms with E-state index in [9.17, 15) is 14.4 Å². The van der Waals surface area contributed by atoms with Gasteiger partial charge in [-0.1, -0.05) is 12.1 Å². The number of nitrogens with zero attached hydrogens (tertiary/aromatic N) is 1. The fraction of sp³-hybridized carbons (Fsp3) is 0.273. The number of carbonyl (C=O) groups is 2. The molecule has 0 spiro atoms. The maximum atomic E-state index is 12.9. The zero-order chi connectivity index (χ0) is 22.0. The van der Waals surface area contributed by atoms with E-state index in [0.29, 0.717) is 22.8 Å². The average Bonchev–Trinajstić information content (AvgIpc) is 3.12. The van der Waals surface area contributed by atoms with Crippen molar-refractivity contribution >= 4 is 28.2 Å². The van der Waals surface area contributed by atoms with Gasteiger partial charge in [0.25, 0.3) is 17.4 Å². The maximum Gasteiger partial charge on any atom is 0.275 e. The Labute approximate surface area is 182 Å². The number of anilines is 1. The Morgan fingerprint density at radius 1 is 1.23 bits per heavy atom. The van der Waals surface area contributed by atoms with E-state index in [1.165, 1.54) is 11.3 Å². The number of aromatic amines is 1. The second-order valence-electron chi connectivity index (χ2n) is 7.34. The highest BCUT2D eigenvalue weighted by molar-refractivity contribution is 7.17. The number of thiophene rings is 1. The first-order valence-electron chi connectivity index (χ1n) is 9.93. The van der Waals surface area contributed by atoms with Gasteiger partial charge in [0.05, 0.1) is 12.7 Å². The van der Waals surface area contributed by atoms with Crippen LogP contribution in [0.4, 0.5) is 5.00 Å². The van der Waals surface area contributed by atoms with Crippen molar-refractivity contribution in [1.82, 2.24) is 9.97 Å². The number of H-pyrrole nitrogens is 1. The predicted octanol–water partition coefficient (Wildman–Crippen LogP) is 2.66. The summed E-state index contributed by atoms with van der Waals surface area (Å²) in [6.45, 7) is 0. The first kappa shape index (κ1) is 20.8. The largest absolute Gasteiger partial charge is 0.497 e. The Hall–Kier alpha value is -3.46. The van der Waals surface area contributed by atoms with E-state index >= 15 is 0 Å². The first-order chi connectivity index (χ1) is 14.9. The molecule has 0 unspecified atom stereocenters. The highest BCUT2D eigenvalue weighted by Crippen LogP contribution is 2.38. The number of benzene rings is 1. The number of rotatable bonds is 6. The molecule has 8 nitrogen and oxygen atoms in total. The van der Waals surface area contributed by atoms with Crippen LogP contribution >= 0.6 is 11.3 Å². The standard InChI is InChI=1S/C22H22N4O4S/c1-30-13-8-6-12(7-9-13)10-17-24-15(11-18(27)25-17)21(29)26-22-19(20(23)28)14-4-2-3-5-16(14)31-22/h6-9,11H,2-5,10H2,1H3,(H2,23,28)(H,26,29)(H,24,25,27). The lowest BCUT2D eigenvalue weighted by Gasteiger charge is -2.11. The van der Waals surface area contributed by atoms with Crippen LogP contribution in [-0.2, 0) is 19.3 Å². The van der Waals surface area contributed by atoms with Crippen LogP contribution < -0.4 is 21.3 Å². The SMILES string of the molecule is COc1ccc(Cc2nc(C(=O)Nc3sc4c(c3C(N)=O)CCCC4)cc(=O)[nH]2)cc1. The van der Waals surface area contributed by atoms with Crippen LogP contribution in [-0.4, -0.2) is 28.9 Å². The van der Waals surface area contributed by atoms with Gasteiger partial charge in [-0.3, -0.25) is 14.4 Å². The van der Waals surface area contributed by atoms with Gasteiger partial charge >= 0.3 is 0 Å². The molecule has 4 rings (SSSR count). The molecule has 160 valence electrons. The molecule has 1 aliphatic rings. The third-order valence-corrected chi connectivity index (χ3v) is 6.41. The molecule has 0 bridgehead atoms. The second kappa shape index (κ2) is 8.73. The molecular formula is C22H22N4O4S. The molecule has 9 heteroatoms. The van der Waals surface area contributed by atoms with E-state index in [-0.39, 0.29) is 5.69 Å². The Kier molecular flexibility index (Phi) is 5.85. The van der Waals surface area contributed by atoms with E-state index in [2.05, 4.69) is 15.3 Å². The van der Waals surface area contributed by atoms with Gasteiger partial charge in [0.2, 0.25) is 0 Å². The molecule has 0 saturated heterocycles. The van der Waals surface area contributed by atoms with Crippen molar-refractivity contribution in [2.45, 2.75) is 32.1 Å². The van der Waals surface area contributed by atoms with Crippen LogP contribution in [0.25, 0.3) is 0 Å². The van der Waals surface area contributed by atoms with Crippen LogP contribution in [0.1, 0.15) is 55.5 Å². The molecule has 31 heavy (non-hydrogen) atoms. The fourth-order valence-electron chi connectivity index (χ4n) is 3.73. The summed E-state index contributed by atoms with van der Waals surface area (Å²) >= 11 is 1.37. The number of primary amides is 1. The van der Waals surface area contributed by atoms with Gasteiger partial charge in [0, 0.05) is 17.4 Å². The van der Waals surface area contributed by atoms with Crippen molar-refractivity contribution < 1.29 is 14.3 Å². The molecule has 3 aromatic rings. The van der Waals surface area contributed by atoms with E-state index in [1.807, 2.05) is 24.3 Å². The van der Waals surface area contributed by atoms with E-state index in [1.54, 1.807) is 7.11 Å². The number of fused-ring (bicyclic) bond motifs is 1. The van der Waals surface area contributed by atoms with Crippen LogP contribution in [0.15, 0.2) is 35.1 Å². The predicted molar refractivity (Wildman–Crippen MR) is 118 cm³/mol. The lowest BCUT2D eigenvalue weighted by atomic mass is 9.95. The van der Waals surface area contributed by atoms with Crippen LogP contribution in [0.3, 0.4) is 0 Å². The highest BCUT2D eigenvalue weighted by Gasteiger charge is 2.25. The zero-order valence-electron chi connectivity index (χ0n) is 17.0. The quantitative estimate of drug-likeness (QED) is 0.545. The van der Waals surface area contributed by atoms with Gasteiger partial charge in [-0.2, -0.15) is 0 Å². The molecule has 2 aromatic heterocycles. The van der Waals surface area contributed by atoms with Crippen LogP contribution in [0, 0.1) is 0 Å². The van der Waals surface area contributed by atoms with Gasteiger partial charge < -0.3 is 20.8 Å². The second-order valence-corrected chi connectivity index (χ2v) is 8.44. The number of hydrogen-bond donors (Lipinski definition) is 3. The number of hydrogen-bond acceptors (Lipinski definition) is 6. The number of aryl methyl sites for hydroxylation is 1. The van der Waals surface area contributed by atoms with Gasteiger partial charge in [0.15, 0.2) is 0 Å². The maximum absolute atomic E-state index is 12.9. The molecule has 1 aliphatic carbocycles. The van der Waals surface area contributed by atoms with Crippen molar-refractivity contribution in [3.63, 3.8) is 0 Å². The third kappa shape index (κ3) is 4.51. The Balaban J connectivity index is 1.58. The van der Waals surface area contributed by atoms with E-state index in [0.717, 1.165) is 53.5 Å². The zero-order valence-corrected chi connectivity index (χ0v) is 17.8. The van der Waals surface area contributed by atoms with Crippen molar-refractivity contribution in [3.8, 4) is 5.75 Å². The lowest BCUT2D eigenvalue weighted by molar-refractivity contribution is 0.100. The Morgan fingerprint density at radius 3 is 2.68 bits per heavy atom. The number of nitrogens with two attached hydrogens (primary N) is 1. The molecule has 1 aromatic carbocycles. The van der Waals surface area contributed by atoms with E-state index < -0.39 is 17.4 Å². The summed E-state index contributed by atoms with van der Waals surface area (Å²) in [5.41, 5.74) is 7.35. The summed E-state index contributed by atoms with van der Waals surface area (Å²) in [5.74, 6) is -0.0254. The van der Waals surface area contributed by atoms with Gasteiger partial charge in [-0.15, -0.1) is 11.3 Å². The third-order valence-electron chi connectivity index (χ3n) is 5.20. The topological polar surface area (TPSA) is 127 Å². The monoisotopic (exact) mass is 438 g/mol. The minimum atomic E-state index is -0.561. The van der Waals surface area contributed by atoms with E-state index in [4.69, 9.17) is 10.5 Å². The summed E-state index contributed by atoms with van der Waals surface area (Å²) in [7, 11) is 1.59. The number of amides is 2. The summed E-state index contributed by atoms with van der Waals surface area (Å²) in [6.07, 6.45) is 4.02. The molecule has 0 atom stereocenters. The minimum Gasteiger partial charge on any atom is -0.497 e. The molecule has 2 heterocycles. The molecule has 2 amide bonds. The average molecular weight is 439 g/mol. The summed E-state index contributed by atoms with van der Waals surface area (Å²) in [4.78, 5) is 45.1. The number of aromatic nitrogens is 2. The van der Waals surface area contributed by atoms with Crippen LogP contribution in [0.5, 0.6) is 5.75 Å². The number of nitrogens with one attached hydrogen (secondary N) is 2. The number of carbonyl (C=O) groups excluding carboxylic acids is 2. The van der Waals surface area contributed by atoms with Crippen molar-refractivity contribution in [2.75, 3.05) is 12.4 Å². The molecular weight excluding hydrogens is 416 g/mol. The van der Waals surface area contributed by atoms with Gasteiger partial charge in [-0.05, 0) is 48.9 Å². The molecule has 0 aliphatic heterocycles. The lowest BCUT2D eigenvalue weighted by Crippen LogP contribution is -2.22. The van der Waals surface area contributed by atoms with Crippen molar-refractivity contribution in [3.05, 3.63) is 73.8 Å². The van der Waals surface area contributed by atoms with Gasteiger partial charge in [0.1, 0.15) is 22.3 Å². The first-order valence-corrected chi connectivity index (χ1v) is 10.7. The summed E-state index contributed by atoms with van der Waals surface area (Å²) < 4.78 is 5.14. The highest BCUT2D eigenvalue weighted by atomic mass is 32.1. The molecule has 0 radical (unpaired) electrons. The molecule has 0 fully saturated rings. The minimum absolute atomic E-state index is 0.0194. The van der Waals surface area contributed by atoms with Gasteiger partial charge in [-0.25, -0.2) is 4.98 Å². The summed E-state index contributed by atoms with van der Waals surface area (Å²) in [5, 5.41) is 3.17. The van der Waals surface area contributed by atoms with Crippen LogP contribution in [0.2, 0.25) is 0 Å². The Bertz CT molecular complexity index is 1200. The summed E-state index contributed by atoms with van der Waals surface area (Å²) in [6, 6.07) is 8.49. The van der Waals surface area contributed by atoms with Crippen molar-refractivity contribution in [2.24, 2.45) is 5.73 Å². The molecule has 0 saturated carbocycles. The fourth-order valence-corrected chi connectivity index (χ4v) is 5.02. The number of methoxy groups -OCH3 is 1. The molecule has 4 N–H and O–H groups in total. The number of ether oxygens (including phenoxy) is 1. The Morgan fingerprint density at radius 2 is 1.97 bits per heavy atom. The van der Waals surface area contributed by atoms with Crippen molar-refractivity contribution in [1.29, 1.82) is 0 Å². The normalized spacial score (nSPS) is 12.8.